The van der Waals surface area contributed by atoms with Gasteiger partial charge in [-0.3, -0.25) is 9.69 Å². The molecular weight excluding hydrogens is 338 g/mol. The molecule has 1 saturated heterocycles. The van der Waals surface area contributed by atoms with Gasteiger partial charge in [-0.05, 0) is 49.9 Å². The van der Waals surface area contributed by atoms with E-state index in [4.69, 9.17) is 0 Å². The summed E-state index contributed by atoms with van der Waals surface area (Å²) in [4.78, 5) is 16.9. The maximum atomic E-state index is 12.0. The normalized spacial score (nSPS) is 20.5. The van der Waals surface area contributed by atoms with E-state index in [1.54, 1.807) is 0 Å². The fourth-order valence-corrected chi connectivity index (χ4v) is 3.75. The monoisotopic (exact) mass is 363 g/mol. The van der Waals surface area contributed by atoms with Crippen LogP contribution in [0.5, 0.6) is 0 Å². The van der Waals surface area contributed by atoms with Crippen LogP contribution in [-0.4, -0.2) is 53.2 Å². The maximum absolute atomic E-state index is 12.0. The number of rotatable bonds is 5. The lowest BCUT2D eigenvalue weighted by Gasteiger charge is -2.35. The molecule has 1 N–H and O–H groups in total. The lowest BCUT2D eigenvalue weighted by atomic mass is 10.1. The highest BCUT2D eigenvalue weighted by atomic mass is 16.2. The van der Waals surface area contributed by atoms with Gasteiger partial charge in [0.1, 0.15) is 0 Å². The molecule has 2 aromatic rings. The molecule has 140 valence electrons. The van der Waals surface area contributed by atoms with Crippen LogP contribution in [0.25, 0.3) is 11.3 Å². The highest BCUT2D eigenvalue weighted by Crippen LogP contribution is 2.31. The number of nitrogens with one attached hydrogen (secondary N) is 1. The van der Waals surface area contributed by atoms with Gasteiger partial charge in [-0.15, -0.1) is 10.2 Å². The van der Waals surface area contributed by atoms with E-state index in [0.717, 1.165) is 67.8 Å². The molecule has 0 atom stereocenters. The van der Waals surface area contributed by atoms with Crippen molar-refractivity contribution in [2.45, 2.75) is 31.7 Å². The van der Waals surface area contributed by atoms with Crippen molar-refractivity contribution in [1.82, 2.24) is 15.1 Å². The number of aromatic nitrogens is 2. The summed E-state index contributed by atoms with van der Waals surface area (Å²) in [7, 11) is 0. The standard InChI is InChI=1S/C21H25N5O/c27-21(15-4-5-15)22-17-3-1-2-16(14-17)19-8-9-20(24-23-19)26-12-10-25(11-13-26)18-6-7-18/h1-3,8-9,14-15,18H,4-7,10-13H2,(H,22,27). The largest absolute Gasteiger partial charge is 0.353 e. The number of anilines is 2. The SMILES string of the molecule is O=C(Nc1cccc(-c2ccc(N3CCN(C4CC4)CC3)nn2)c1)C1CC1. The van der Waals surface area contributed by atoms with Crippen LogP contribution in [0.4, 0.5) is 11.5 Å². The Kier molecular flexibility index (Phi) is 4.28. The molecule has 0 spiro atoms. The van der Waals surface area contributed by atoms with E-state index in [1.807, 2.05) is 30.3 Å². The molecule has 0 bridgehead atoms. The van der Waals surface area contributed by atoms with E-state index in [1.165, 1.54) is 12.8 Å². The number of hydrogen-bond donors (Lipinski definition) is 1. The molecule has 2 aliphatic carbocycles. The summed E-state index contributed by atoms with van der Waals surface area (Å²) in [5, 5.41) is 11.9. The smallest absolute Gasteiger partial charge is 0.227 e. The zero-order chi connectivity index (χ0) is 18.2. The van der Waals surface area contributed by atoms with Crippen molar-refractivity contribution in [1.29, 1.82) is 0 Å². The van der Waals surface area contributed by atoms with Crippen molar-refractivity contribution in [3.8, 4) is 11.3 Å². The molecule has 0 unspecified atom stereocenters. The molecule has 3 aliphatic rings. The molecule has 2 saturated carbocycles. The van der Waals surface area contributed by atoms with Crippen molar-refractivity contribution >= 4 is 17.4 Å². The Morgan fingerprint density at radius 2 is 1.78 bits per heavy atom. The summed E-state index contributed by atoms with van der Waals surface area (Å²) in [5.74, 6) is 1.28. The fraction of sp³-hybridized carbons (Fsp3) is 0.476. The second kappa shape index (κ2) is 6.93. The highest BCUT2D eigenvalue weighted by Gasteiger charge is 2.31. The maximum Gasteiger partial charge on any atom is 0.227 e. The third-order valence-corrected chi connectivity index (χ3v) is 5.73. The van der Waals surface area contributed by atoms with Crippen LogP contribution in [0.1, 0.15) is 25.7 Å². The Morgan fingerprint density at radius 3 is 2.44 bits per heavy atom. The van der Waals surface area contributed by atoms with E-state index in [0.29, 0.717) is 0 Å². The lowest BCUT2D eigenvalue weighted by molar-refractivity contribution is -0.117. The van der Waals surface area contributed by atoms with E-state index in [9.17, 15) is 4.79 Å². The summed E-state index contributed by atoms with van der Waals surface area (Å²) < 4.78 is 0. The number of piperazine rings is 1. The molecule has 1 aliphatic heterocycles. The number of hydrogen-bond acceptors (Lipinski definition) is 5. The van der Waals surface area contributed by atoms with E-state index in [-0.39, 0.29) is 11.8 Å². The van der Waals surface area contributed by atoms with Crippen molar-refractivity contribution in [3.05, 3.63) is 36.4 Å². The highest BCUT2D eigenvalue weighted by molar-refractivity contribution is 5.94. The van der Waals surface area contributed by atoms with Gasteiger partial charge in [0.25, 0.3) is 0 Å². The second-order valence-electron chi connectivity index (χ2n) is 7.88. The Balaban J connectivity index is 1.25. The molecule has 0 radical (unpaired) electrons. The zero-order valence-corrected chi connectivity index (χ0v) is 15.5. The van der Waals surface area contributed by atoms with Crippen molar-refractivity contribution in [2.75, 3.05) is 36.4 Å². The molecule has 27 heavy (non-hydrogen) atoms. The molecule has 3 fully saturated rings. The summed E-state index contributed by atoms with van der Waals surface area (Å²) in [6, 6.07) is 12.8. The third-order valence-electron chi connectivity index (χ3n) is 5.73. The van der Waals surface area contributed by atoms with Gasteiger partial charge in [0.15, 0.2) is 5.82 Å². The van der Waals surface area contributed by atoms with E-state index < -0.39 is 0 Å². The van der Waals surface area contributed by atoms with Gasteiger partial charge in [-0.2, -0.15) is 0 Å². The van der Waals surface area contributed by atoms with Crippen molar-refractivity contribution < 1.29 is 4.79 Å². The minimum Gasteiger partial charge on any atom is -0.353 e. The van der Waals surface area contributed by atoms with Crippen LogP contribution in [0.2, 0.25) is 0 Å². The van der Waals surface area contributed by atoms with Gasteiger partial charge < -0.3 is 10.2 Å². The van der Waals surface area contributed by atoms with E-state index >= 15 is 0 Å². The number of amides is 1. The molecule has 1 amide bonds. The predicted octanol–water partition coefficient (Wildman–Crippen LogP) is 2.78. The summed E-state index contributed by atoms with van der Waals surface area (Å²) in [6.07, 6.45) is 4.75. The first kappa shape index (κ1) is 16.7. The van der Waals surface area contributed by atoms with Crippen molar-refractivity contribution in [2.24, 2.45) is 5.92 Å². The van der Waals surface area contributed by atoms with Crippen LogP contribution in [0.3, 0.4) is 0 Å². The predicted molar refractivity (Wildman–Crippen MR) is 106 cm³/mol. The second-order valence-corrected chi connectivity index (χ2v) is 7.88. The molecular formula is C21H25N5O. The zero-order valence-electron chi connectivity index (χ0n) is 15.5. The Bertz CT molecular complexity index is 821. The number of nitrogens with zero attached hydrogens (tertiary/aromatic N) is 4. The Labute approximate surface area is 159 Å². The number of benzene rings is 1. The van der Waals surface area contributed by atoms with Gasteiger partial charge >= 0.3 is 0 Å². The van der Waals surface area contributed by atoms with Crippen LogP contribution in [0, 0.1) is 5.92 Å². The topological polar surface area (TPSA) is 61.4 Å². The van der Waals surface area contributed by atoms with Gasteiger partial charge in [0.05, 0.1) is 5.69 Å². The third kappa shape index (κ3) is 3.81. The van der Waals surface area contributed by atoms with Gasteiger partial charge in [0.2, 0.25) is 5.91 Å². The van der Waals surface area contributed by atoms with Gasteiger partial charge in [0, 0.05) is 49.4 Å². The molecule has 1 aromatic carbocycles. The quantitative estimate of drug-likeness (QED) is 0.885. The average Bonchev–Trinajstić information content (AvgIpc) is 3.61. The Hall–Kier alpha value is -2.47. The molecule has 6 heteroatoms. The summed E-state index contributed by atoms with van der Waals surface area (Å²) >= 11 is 0. The van der Waals surface area contributed by atoms with Crippen LogP contribution >= 0.6 is 0 Å². The number of carbonyl (C=O) groups excluding carboxylic acids is 1. The van der Waals surface area contributed by atoms with Crippen LogP contribution in [0.15, 0.2) is 36.4 Å². The molecule has 1 aromatic heterocycles. The Morgan fingerprint density at radius 1 is 0.963 bits per heavy atom. The van der Waals surface area contributed by atoms with Crippen LogP contribution < -0.4 is 10.2 Å². The van der Waals surface area contributed by atoms with E-state index in [2.05, 4.69) is 31.4 Å². The lowest BCUT2D eigenvalue weighted by Crippen LogP contribution is -2.47. The van der Waals surface area contributed by atoms with Crippen molar-refractivity contribution in [3.63, 3.8) is 0 Å². The molecule has 5 rings (SSSR count). The first-order valence-electron chi connectivity index (χ1n) is 10.0. The van der Waals surface area contributed by atoms with Crippen LogP contribution in [-0.2, 0) is 4.79 Å². The first-order valence-corrected chi connectivity index (χ1v) is 10.0. The number of carbonyl (C=O) groups is 1. The molecule has 6 nitrogen and oxygen atoms in total. The minimum atomic E-state index is 0.124. The first-order chi connectivity index (χ1) is 13.3. The minimum absolute atomic E-state index is 0.124. The molecule has 2 heterocycles. The van der Waals surface area contributed by atoms with Gasteiger partial charge in [-0.25, -0.2) is 0 Å². The van der Waals surface area contributed by atoms with Gasteiger partial charge in [-0.1, -0.05) is 12.1 Å². The average molecular weight is 363 g/mol. The summed E-state index contributed by atoms with van der Waals surface area (Å²) in [5.41, 5.74) is 2.63. The summed E-state index contributed by atoms with van der Waals surface area (Å²) in [6.45, 7) is 4.29. The fourth-order valence-electron chi connectivity index (χ4n) is 3.75.